The number of methoxy groups -OCH3 is 1. The second-order valence-electron chi connectivity index (χ2n) is 5.80. The molecule has 2 aromatic rings. The maximum Gasteiger partial charge on any atom is 0.307 e. The van der Waals surface area contributed by atoms with Crippen LogP contribution in [-0.4, -0.2) is 29.7 Å². The molecule has 0 unspecified atom stereocenters. The van der Waals surface area contributed by atoms with Crippen molar-refractivity contribution in [3.8, 4) is 11.5 Å². The molecular formula is C19H18O4S. The van der Waals surface area contributed by atoms with Crippen LogP contribution in [0.25, 0.3) is 0 Å². The Morgan fingerprint density at radius 2 is 2.04 bits per heavy atom. The van der Waals surface area contributed by atoms with Crippen molar-refractivity contribution in [2.24, 2.45) is 0 Å². The lowest BCUT2D eigenvalue weighted by molar-refractivity contribution is -0.136. The number of ether oxygens (including phenoxy) is 2. The van der Waals surface area contributed by atoms with Crippen LogP contribution in [0.15, 0.2) is 30.3 Å². The van der Waals surface area contributed by atoms with E-state index in [0.717, 1.165) is 23.1 Å². The highest BCUT2D eigenvalue weighted by molar-refractivity contribution is 7.81. The van der Waals surface area contributed by atoms with Crippen molar-refractivity contribution in [2.45, 2.75) is 19.8 Å². The second-order valence-corrected chi connectivity index (χ2v) is 6.20. The number of thiocarbonyl (C=S) groups is 1. The van der Waals surface area contributed by atoms with E-state index in [2.05, 4.69) is 0 Å². The van der Waals surface area contributed by atoms with Crippen LogP contribution >= 0.6 is 12.2 Å². The smallest absolute Gasteiger partial charge is 0.307 e. The number of carbonyl (C=O) groups is 1. The van der Waals surface area contributed by atoms with Gasteiger partial charge < -0.3 is 14.6 Å². The molecule has 0 saturated carbocycles. The highest BCUT2D eigenvalue weighted by Crippen LogP contribution is 2.41. The van der Waals surface area contributed by atoms with Crippen LogP contribution in [0.4, 0.5) is 0 Å². The minimum atomic E-state index is -0.903. The Kier molecular flexibility index (Phi) is 4.53. The van der Waals surface area contributed by atoms with E-state index in [1.165, 1.54) is 7.11 Å². The molecule has 0 spiro atoms. The Morgan fingerprint density at radius 1 is 1.33 bits per heavy atom. The molecule has 24 heavy (non-hydrogen) atoms. The first kappa shape index (κ1) is 16.5. The molecule has 1 aliphatic rings. The standard InChI is InChI=1S/C19H18O4S/c1-11-3-5-12(6-4-11)19(24)16-17(22-2)14(10-15(20)21)9-13-7-8-23-18(13)16/h3-6,9H,7-8,10H2,1-2H3,(H,20,21). The average molecular weight is 342 g/mol. The van der Waals surface area contributed by atoms with Crippen molar-refractivity contribution in [3.63, 3.8) is 0 Å². The molecular weight excluding hydrogens is 324 g/mol. The molecule has 0 saturated heterocycles. The van der Waals surface area contributed by atoms with Crippen molar-refractivity contribution >= 4 is 23.1 Å². The van der Waals surface area contributed by atoms with Crippen LogP contribution in [0.1, 0.15) is 27.8 Å². The molecule has 0 aliphatic carbocycles. The second kappa shape index (κ2) is 6.61. The fourth-order valence-electron chi connectivity index (χ4n) is 2.96. The van der Waals surface area contributed by atoms with Crippen molar-refractivity contribution in [1.82, 2.24) is 0 Å². The van der Waals surface area contributed by atoms with Gasteiger partial charge in [0.1, 0.15) is 11.5 Å². The molecule has 1 heterocycles. The number of carboxylic acid groups (broad SMARTS) is 1. The maximum atomic E-state index is 11.2. The summed E-state index contributed by atoms with van der Waals surface area (Å²) in [6.07, 6.45) is 0.634. The monoisotopic (exact) mass is 342 g/mol. The SMILES string of the molecule is COc1c(CC(=O)O)cc2c(c1C(=S)c1ccc(C)cc1)OCC2. The van der Waals surface area contributed by atoms with E-state index >= 15 is 0 Å². The molecule has 0 atom stereocenters. The summed E-state index contributed by atoms with van der Waals surface area (Å²) in [6.45, 7) is 2.58. The quantitative estimate of drug-likeness (QED) is 0.667. The van der Waals surface area contributed by atoms with Gasteiger partial charge in [-0.05, 0) is 24.1 Å². The molecule has 5 heteroatoms. The normalized spacial score (nSPS) is 12.4. The predicted molar refractivity (Wildman–Crippen MR) is 95.5 cm³/mol. The lowest BCUT2D eigenvalue weighted by atomic mass is 9.94. The largest absolute Gasteiger partial charge is 0.496 e. The van der Waals surface area contributed by atoms with Gasteiger partial charge in [0, 0.05) is 12.0 Å². The zero-order valence-corrected chi connectivity index (χ0v) is 14.4. The van der Waals surface area contributed by atoms with Gasteiger partial charge in [-0.3, -0.25) is 4.79 Å². The summed E-state index contributed by atoms with van der Waals surface area (Å²) in [6, 6.07) is 9.77. The molecule has 0 fully saturated rings. The molecule has 2 aromatic carbocycles. The Hall–Kier alpha value is -2.40. The number of benzene rings is 2. The third kappa shape index (κ3) is 2.99. The lowest BCUT2D eigenvalue weighted by Gasteiger charge is -2.17. The highest BCUT2D eigenvalue weighted by atomic mass is 32.1. The van der Waals surface area contributed by atoms with Crippen molar-refractivity contribution in [3.05, 3.63) is 58.1 Å². The molecule has 4 nitrogen and oxygen atoms in total. The first-order valence-electron chi connectivity index (χ1n) is 7.70. The topological polar surface area (TPSA) is 55.8 Å². The molecule has 1 aliphatic heterocycles. The summed E-state index contributed by atoms with van der Waals surface area (Å²) < 4.78 is 11.3. The van der Waals surface area contributed by atoms with Gasteiger partial charge in [0.25, 0.3) is 0 Å². The summed E-state index contributed by atoms with van der Waals surface area (Å²) in [5, 5.41) is 9.19. The van der Waals surface area contributed by atoms with Gasteiger partial charge in [-0.25, -0.2) is 0 Å². The van der Waals surface area contributed by atoms with Gasteiger partial charge in [0.15, 0.2) is 0 Å². The number of carboxylic acids is 1. The Bertz CT molecular complexity index is 809. The summed E-state index contributed by atoms with van der Waals surface area (Å²) in [5.41, 5.74) is 4.33. The zero-order valence-electron chi connectivity index (χ0n) is 13.6. The van der Waals surface area contributed by atoms with Crippen LogP contribution in [0, 0.1) is 6.92 Å². The molecule has 0 amide bonds. The van der Waals surface area contributed by atoms with E-state index in [1.807, 2.05) is 37.3 Å². The number of hydrogen-bond acceptors (Lipinski definition) is 4. The fourth-order valence-corrected chi connectivity index (χ4v) is 3.28. The van der Waals surface area contributed by atoms with E-state index < -0.39 is 5.97 Å². The summed E-state index contributed by atoms with van der Waals surface area (Å²) in [4.78, 5) is 11.8. The van der Waals surface area contributed by atoms with E-state index in [4.69, 9.17) is 21.7 Å². The van der Waals surface area contributed by atoms with E-state index in [9.17, 15) is 9.90 Å². The molecule has 0 radical (unpaired) electrons. The third-order valence-corrected chi connectivity index (χ3v) is 4.53. The van der Waals surface area contributed by atoms with Crippen molar-refractivity contribution in [2.75, 3.05) is 13.7 Å². The molecule has 3 rings (SSSR count). The summed E-state index contributed by atoms with van der Waals surface area (Å²) in [5.74, 6) is 0.301. The van der Waals surface area contributed by atoms with Crippen molar-refractivity contribution < 1.29 is 19.4 Å². The Balaban J connectivity index is 2.17. The van der Waals surface area contributed by atoms with Gasteiger partial charge in [-0.15, -0.1) is 0 Å². The fraction of sp³-hybridized carbons (Fsp3) is 0.263. The van der Waals surface area contributed by atoms with Crippen LogP contribution < -0.4 is 9.47 Å². The third-order valence-electron chi connectivity index (χ3n) is 4.09. The number of fused-ring (bicyclic) bond motifs is 1. The predicted octanol–water partition coefficient (Wildman–Crippen LogP) is 3.33. The highest BCUT2D eigenvalue weighted by Gasteiger charge is 2.27. The average Bonchev–Trinajstić information content (AvgIpc) is 3.01. The van der Waals surface area contributed by atoms with Crippen LogP contribution in [0.2, 0.25) is 0 Å². The first-order valence-corrected chi connectivity index (χ1v) is 8.10. The minimum absolute atomic E-state index is 0.111. The van der Waals surface area contributed by atoms with Crippen LogP contribution in [-0.2, 0) is 17.6 Å². The Morgan fingerprint density at radius 3 is 2.67 bits per heavy atom. The molecule has 1 N–H and O–H groups in total. The van der Waals surface area contributed by atoms with E-state index in [0.29, 0.717) is 34.1 Å². The zero-order chi connectivity index (χ0) is 17.3. The van der Waals surface area contributed by atoms with Gasteiger partial charge in [-0.2, -0.15) is 0 Å². The number of rotatable bonds is 5. The Labute approximate surface area is 146 Å². The molecule has 0 aromatic heterocycles. The van der Waals surface area contributed by atoms with Gasteiger partial charge in [0.05, 0.1) is 30.6 Å². The van der Waals surface area contributed by atoms with Crippen LogP contribution in [0.3, 0.4) is 0 Å². The molecule has 124 valence electrons. The summed E-state index contributed by atoms with van der Waals surface area (Å²) >= 11 is 5.69. The summed E-state index contributed by atoms with van der Waals surface area (Å²) in [7, 11) is 1.53. The van der Waals surface area contributed by atoms with E-state index in [1.54, 1.807) is 0 Å². The van der Waals surface area contributed by atoms with Crippen molar-refractivity contribution in [1.29, 1.82) is 0 Å². The first-order chi connectivity index (χ1) is 11.5. The number of hydrogen-bond donors (Lipinski definition) is 1. The van der Waals surface area contributed by atoms with E-state index in [-0.39, 0.29) is 6.42 Å². The molecule has 0 bridgehead atoms. The van der Waals surface area contributed by atoms with Gasteiger partial charge >= 0.3 is 5.97 Å². The number of aryl methyl sites for hydroxylation is 1. The minimum Gasteiger partial charge on any atom is -0.496 e. The van der Waals surface area contributed by atoms with Gasteiger partial charge in [-0.1, -0.05) is 42.0 Å². The maximum absolute atomic E-state index is 11.2. The number of aliphatic carboxylic acids is 1. The van der Waals surface area contributed by atoms with Gasteiger partial charge in [0.2, 0.25) is 0 Å². The van der Waals surface area contributed by atoms with Crippen LogP contribution in [0.5, 0.6) is 11.5 Å². The lowest BCUT2D eigenvalue weighted by Crippen LogP contribution is -2.10.